The lowest BCUT2D eigenvalue weighted by molar-refractivity contribution is -0.115. The van der Waals surface area contributed by atoms with Gasteiger partial charge in [-0.3, -0.25) is 4.79 Å². The molecule has 0 atom stereocenters. The molecule has 0 radical (unpaired) electrons. The number of carbonyl (C=O) groups is 1. The van der Waals surface area contributed by atoms with Gasteiger partial charge in [0, 0.05) is 15.3 Å². The van der Waals surface area contributed by atoms with E-state index in [0.29, 0.717) is 18.0 Å². The zero-order valence-corrected chi connectivity index (χ0v) is 16.2. The van der Waals surface area contributed by atoms with Gasteiger partial charge in [0.25, 0.3) is 0 Å². The molecule has 0 aliphatic rings. The third-order valence-corrected chi connectivity index (χ3v) is 4.86. The molecule has 6 heteroatoms. The van der Waals surface area contributed by atoms with Crippen LogP contribution in [0.2, 0.25) is 0 Å². The highest BCUT2D eigenvalue weighted by Crippen LogP contribution is 2.29. The van der Waals surface area contributed by atoms with Crippen molar-refractivity contribution < 1.29 is 9.53 Å². The van der Waals surface area contributed by atoms with E-state index >= 15 is 0 Å². The summed E-state index contributed by atoms with van der Waals surface area (Å²) in [5, 5.41) is 5.89. The largest absolute Gasteiger partial charge is 0.492 e. The number of anilines is 1. The van der Waals surface area contributed by atoms with Crippen LogP contribution in [-0.2, 0) is 16.6 Å². The van der Waals surface area contributed by atoms with Crippen molar-refractivity contribution in [1.82, 2.24) is 4.98 Å². The summed E-state index contributed by atoms with van der Waals surface area (Å²) in [7, 11) is 0. The molecule has 4 nitrogen and oxygen atoms in total. The predicted octanol–water partition coefficient (Wildman–Crippen LogP) is 4.78. The van der Waals surface area contributed by atoms with Crippen LogP contribution in [0.5, 0.6) is 5.75 Å². The summed E-state index contributed by atoms with van der Waals surface area (Å²) in [5.74, 6) is 0.563. The number of thiazole rings is 1. The molecule has 0 fully saturated rings. The Kier molecular flexibility index (Phi) is 5.81. The van der Waals surface area contributed by atoms with Gasteiger partial charge in [-0.1, -0.05) is 36.7 Å². The molecule has 1 N–H and O–H groups in total. The Morgan fingerprint density at radius 1 is 1.39 bits per heavy atom. The quantitative estimate of drug-likeness (QED) is 0.790. The van der Waals surface area contributed by atoms with Crippen LogP contribution in [0, 0.1) is 0 Å². The molecule has 0 aliphatic carbocycles. The summed E-state index contributed by atoms with van der Waals surface area (Å²) >= 11 is 5.01. The van der Waals surface area contributed by atoms with Crippen LogP contribution < -0.4 is 10.1 Å². The standard InChI is InChI=1S/C17H21BrN2O2S/c1-5-22-14-7-6-11(18)8-13(14)20-15(21)9-12-10-23-16(19-12)17(2,3)4/h6-8,10H,5,9H2,1-4H3,(H,20,21). The Bertz CT molecular complexity index is 692. The number of aromatic nitrogens is 1. The first kappa shape index (κ1) is 17.9. The highest BCUT2D eigenvalue weighted by molar-refractivity contribution is 9.10. The molecule has 2 rings (SSSR count). The lowest BCUT2D eigenvalue weighted by Crippen LogP contribution is -2.16. The van der Waals surface area contributed by atoms with E-state index in [-0.39, 0.29) is 17.7 Å². The first-order valence-electron chi connectivity index (χ1n) is 7.46. The molecule has 1 aromatic carbocycles. The maximum Gasteiger partial charge on any atom is 0.230 e. The number of carbonyl (C=O) groups excluding carboxylic acids is 1. The topological polar surface area (TPSA) is 51.2 Å². The number of benzene rings is 1. The molecule has 0 saturated carbocycles. The molecular formula is C17H21BrN2O2S. The molecule has 2 aromatic rings. The number of nitrogens with one attached hydrogen (secondary N) is 1. The van der Waals surface area contributed by atoms with Crippen LogP contribution in [0.3, 0.4) is 0 Å². The highest BCUT2D eigenvalue weighted by atomic mass is 79.9. The van der Waals surface area contributed by atoms with E-state index in [1.165, 1.54) is 0 Å². The van der Waals surface area contributed by atoms with Gasteiger partial charge in [-0.25, -0.2) is 4.98 Å². The minimum Gasteiger partial charge on any atom is -0.492 e. The van der Waals surface area contributed by atoms with E-state index in [0.717, 1.165) is 15.2 Å². The average Bonchev–Trinajstić information content (AvgIpc) is 2.90. The normalized spacial score (nSPS) is 11.3. The van der Waals surface area contributed by atoms with Gasteiger partial charge in [0.1, 0.15) is 5.75 Å². The molecule has 124 valence electrons. The monoisotopic (exact) mass is 396 g/mol. The molecule has 1 heterocycles. The minimum atomic E-state index is -0.102. The van der Waals surface area contributed by atoms with Crippen LogP contribution in [0.25, 0.3) is 0 Å². The van der Waals surface area contributed by atoms with Crippen molar-refractivity contribution in [2.75, 3.05) is 11.9 Å². The third-order valence-electron chi connectivity index (χ3n) is 3.05. The second kappa shape index (κ2) is 7.45. The van der Waals surface area contributed by atoms with E-state index < -0.39 is 0 Å². The molecule has 0 bridgehead atoms. The Hall–Kier alpha value is -1.40. The molecule has 0 unspecified atom stereocenters. The van der Waals surface area contributed by atoms with E-state index in [1.807, 2.05) is 30.5 Å². The van der Waals surface area contributed by atoms with Crippen molar-refractivity contribution in [3.05, 3.63) is 38.8 Å². The summed E-state index contributed by atoms with van der Waals surface area (Å²) in [5.41, 5.74) is 1.47. The lowest BCUT2D eigenvalue weighted by atomic mass is 9.98. The summed E-state index contributed by atoms with van der Waals surface area (Å²) in [6.07, 6.45) is 0.255. The van der Waals surface area contributed by atoms with Crippen molar-refractivity contribution in [2.45, 2.75) is 39.5 Å². The van der Waals surface area contributed by atoms with Crippen LogP contribution in [0.4, 0.5) is 5.69 Å². The van der Waals surface area contributed by atoms with Crippen LogP contribution >= 0.6 is 27.3 Å². The van der Waals surface area contributed by atoms with E-state index in [9.17, 15) is 4.79 Å². The summed E-state index contributed by atoms with van der Waals surface area (Å²) in [6.45, 7) is 8.81. The fraction of sp³-hybridized carbons (Fsp3) is 0.412. The van der Waals surface area contributed by atoms with Gasteiger partial charge in [-0.05, 0) is 25.1 Å². The number of nitrogens with zero attached hydrogens (tertiary/aromatic N) is 1. The van der Waals surface area contributed by atoms with Gasteiger partial charge in [0.05, 0.1) is 29.4 Å². The smallest absolute Gasteiger partial charge is 0.230 e. The fourth-order valence-electron chi connectivity index (χ4n) is 1.97. The summed E-state index contributed by atoms with van der Waals surface area (Å²) in [6, 6.07) is 5.56. The Balaban J connectivity index is 2.08. The fourth-order valence-corrected chi connectivity index (χ4v) is 3.24. The van der Waals surface area contributed by atoms with Crippen LogP contribution in [0.15, 0.2) is 28.1 Å². The second-order valence-corrected chi connectivity index (χ2v) is 7.97. The van der Waals surface area contributed by atoms with E-state index in [2.05, 4.69) is 47.0 Å². The number of amides is 1. The van der Waals surface area contributed by atoms with Crippen molar-refractivity contribution in [3.63, 3.8) is 0 Å². The first-order valence-corrected chi connectivity index (χ1v) is 9.14. The highest BCUT2D eigenvalue weighted by Gasteiger charge is 2.19. The number of halogens is 1. The van der Waals surface area contributed by atoms with Crippen molar-refractivity contribution in [1.29, 1.82) is 0 Å². The summed E-state index contributed by atoms with van der Waals surface area (Å²) < 4.78 is 6.43. The predicted molar refractivity (Wildman–Crippen MR) is 98.5 cm³/mol. The number of rotatable bonds is 5. The third kappa shape index (κ3) is 5.04. The maximum absolute atomic E-state index is 12.3. The number of hydrogen-bond acceptors (Lipinski definition) is 4. The Labute approximate surface area is 149 Å². The Morgan fingerprint density at radius 3 is 2.74 bits per heavy atom. The van der Waals surface area contributed by atoms with Gasteiger partial charge < -0.3 is 10.1 Å². The first-order chi connectivity index (χ1) is 10.8. The SMILES string of the molecule is CCOc1ccc(Br)cc1NC(=O)Cc1csc(C(C)(C)C)n1. The van der Waals surface area contributed by atoms with Crippen LogP contribution in [-0.4, -0.2) is 17.5 Å². The zero-order valence-electron chi connectivity index (χ0n) is 13.8. The zero-order chi connectivity index (χ0) is 17.0. The lowest BCUT2D eigenvalue weighted by Gasteiger charge is -2.13. The molecule has 1 amide bonds. The molecule has 0 spiro atoms. The Morgan fingerprint density at radius 2 is 2.13 bits per heavy atom. The van der Waals surface area contributed by atoms with Crippen molar-refractivity contribution in [3.8, 4) is 5.75 Å². The number of ether oxygens (including phenoxy) is 1. The molecular weight excluding hydrogens is 376 g/mol. The second-order valence-electron chi connectivity index (χ2n) is 6.19. The minimum absolute atomic E-state index is 0.00578. The van der Waals surface area contributed by atoms with Gasteiger partial charge >= 0.3 is 0 Å². The van der Waals surface area contributed by atoms with Gasteiger partial charge in [0.15, 0.2) is 0 Å². The van der Waals surface area contributed by atoms with Gasteiger partial charge in [-0.15, -0.1) is 11.3 Å². The molecule has 23 heavy (non-hydrogen) atoms. The van der Waals surface area contributed by atoms with Gasteiger partial charge in [0.2, 0.25) is 5.91 Å². The molecule has 1 aromatic heterocycles. The molecule has 0 aliphatic heterocycles. The van der Waals surface area contributed by atoms with Gasteiger partial charge in [-0.2, -0.15) is 0 Å². The molecule has 0 saturated heterocycles. The van der Waals surface area contributed by atoms with Crippen molar-refractivity contribution >= 4 is 38.9 Å². The van der Waals surface area contributed by atoms with E-state index in [1.54, 1.807) is 11.3 Å². The number of hydrogen-bond donors (Lipinski definition) is 1. The van der Waals surface area contributed by atoms with Crippen molar-refractivity contribution in [2.24, 2.45) is 0 Å². The average molecular weight is 397 g/mol. The summed E-state index contributed by atoms with van der Waals surface area (Å²) in [4.78, 5) is 16.8. The maximum atomic E-state index is 12.3. The van der Waals surface area contributed by atoms with Crippen LogP contribution in [0.1, 0.15) is 38.4 Å². The van der Waals surface area contributed by atoms with E-state index in [4.69, 9.17) is 4.74 Å².